The van der Waals surface area contributed by atoms with E-state index in [2.05, 4.69) is 45.6 Å². The summed E-state index contributed by atoms with van der Waals surface area (Å²) in [6.07, 6.45) is 10.9. The SMILES string of the molecule is CN1CCN([C@]23CCC(C)(C)CC2[C@H]2C(=O)C=C4[C@@]5(C)C=C(C#N)C(=O)C(C)(C)C5CC[C@@]4(C)[C@]2(C)CC3)CC1=O. The first-order valence-electron chi connectivity index (χ1n) is 15.9. The second-order valence-electron chi connectivity index (χ2n) is 16.6. The second-order valence-corrected chi connectivity index (χ2v) is 16.6. The van der Waals surface area contributed by atoms with E-state index >= 15 is 0 Å². The molecule has 0 aromatic heterocycles. The molecule has 6 aliphatic rings. The molecule has 6 heteroatoms. The van der Waals surface area contributed by atoms with Crippen molar-refractivity contribution in [3.63, 3.8) is 0 Å². The summed E-state index contributed by atoms with van der Waals surface area (Å²) in [6.45, 7) is 17.8. The van der Waals surface area contributed by atoms with Crippen molar-refractivity contribution in [3.05, 3.63) is 23.3 Å². The first-order valence-corrected chi connectivity index (χ1v) is 15.9. The fraction of sp³-hybridized carbons (Fsp3) is 0.771. The highest BCUT2D eigenvalue weighted by molar-refractivity contribution is 6.04. The maximum Gasteiger partial charge on any atom is 0.236 e. The van der Waals surface area contributed by atoms with Gasteiger partial charge in [-0.3, -0.25) is 19.3 Å². The van der Waals surface area contributed by atoms with Crippen LogP contribution in [0, 0.1) is 56.2 Å². The summed E-state index contributed by atoms with van der Waals surface area (Å²) in [5.74, 6) is 0.509. The molecular formula is C35H49N3O3. The van der Waals surface area contributed by atoms with Gasteiger partial charge in [-0.05, 0) is 79.1 Å². The van der Waals surface area contributed by atoms with Crippen LogP contribution in [-0.4, -0.2) is 59.5 Å². The Kier molecular flexibility index (Phi) is 6.08. The van der Waals surface area contributed by atoms with Gasteiger partial charge in [0.05, 0.1) is 12.1 Å². The van der Waals surface area contributed by atoms with Crippen LogP contribution in [0.15, 0.2) is 23.3 Å². The standard InChI is InChI=1S/C35H49N3O3/c1-30(2)11-13-35(38-16-15-37(8)27(40)21-38)14-12-34(7)28(23(35)19-30)24(39)17-26-32(5)18-22(20-36)29(41)31(3,4)25(32)9-10-33(26,34)6/h17-18,23,25,28H,9-16,19,21H2,1-8H3/t23?,25?,28-,32-,33+,34+,35-/m0/s1. The van der Waals surface area contributed by atoms with Crippen molar-refractivity contribution in [3.8, 4) is 6.07 Å². The van der Waals surface area contributed by atoms with Crippen molar-refractivity contribution >= 4 is 17.5 Å². The van der Waals surface area contributed by atoms with Crippen molar-refractivity contribution in [2.45, 2.75) is 99.0 Å². The quantitative estimate of drug-likeness (QED) is 0.410. The Morgan fingerprint density at radius 3 is 2.27 bits per heavy atom. The number of amides is 1. The van der Waals surface area contributed by atoms with Crippen molar-refractivity contribution in [2.75, 3.05) is 26.7 Å². The number of nitriles is 1. The molecule has 1 saturated heterocycles. The lowest BCUT2D eigenvalue weighted by atomic mass is 9.35. The number of Topliss-reactive ketones (excluding diaryl/α,β-unsaturated/α-hetero) is 1. The van der Waals surface area contributed by atoms with E-state index in [0.29, 0.717) is 6.54 Å². The Morgan fingerprint density at radius 1 is 0.927 bits per heavy atom. The fourth-order valence-electron chi connectivity index (χ4n) is 11.3. The molecule has 222 valence electrons. The molecule has 5 aliphatic carbocycles. The van der Waals surface area contributed by atoms with Gasteiger partial charge >= 0.3 is 0 Å². The fourth-order valence-corrected chi connectivity index (χ4v) is 11.3. The average Bonchev–Trinajstić information content (AvgIpc) is 2.89. The Labute approximate surface area is 246 Å². The maximum atomic E-state index is 14.7. The molecular weight excluding hydrogens is 510 g/mol. The van der Waals surface area contributed by atoms with E-state index in [9.17, 15) is 19.6 Å². The molecule has 1 heterocycles. The van der Waals surface area contributed by atoms with Gasteiger partial charge in [-0.15, -0.1) is 0 Å². The number of allylic oxidation sites excluding steroid dienone is 4. The van der Waals surface area contributed by atoms with Crippen LogP contribution in [0.3, 0.4) is 0 Å². The first-order chi connectivity index (χ1) is 19.0. The predicted octanol–water partition coefficient (Wildman–Crippen LogP) is 5.73. The summed E-state index contributed by atoms with van der Waals surface area (Å²) in [5, 5.41) is 9.96. The molecule has 41 heavy (non-hydrogen) atoms. The van der Waals surface area contributed by atoms with E-state index in [4.69, 9.17) is 0 Å². The zero-order valence-corrected chi connectivity index (χ0v) is 26.5. The van der Waals surface area contributed by atoms with Gasteiger partial charge in [0.1, 0.15) is 6.07 Å². The van der Waals surface area contributed by atoms with Crippen LogP contribution < -0.4 is 0 Å². The van der Waals surface area contributed by atoms with Crippen LogP contribution in [0.4, 0.5) is 0 Å². The van der Waals surface area contributed by atoms with Crippen LogP contribution in [0.5, 0.6) is 0 Å². The number of carbonyl (C=O) groups is 3. The number of rotatable bonds is 1. The van der Waals surface area contributed by atoms with Gasteiger partial charge in [-0.1, -0.05) is 60.1 Å². The first kappa shape index (κ1) is 28.8. The topological polar surface area (TPSA) is 81.5 Å². The molecule has 4 fully saturated rings. The molecule has 1 aliphatic heterocycles. The van der Waals surface area contributed by atoms with Crippen LogP contribution in [-0.2, 0) is 14.4 Å². The molecule has 0 N–H and O–H groups in total. The molecule has 0 radical (unpaired) electrons. The van der Waals surface area contributed by atoms with Gasteiger partial charge in [0.15, 0.2) is 11.6 Å². The average molecular weight is 560 g/mol. The van der Waals surface area contributed by atoms with Crippen LogP contribution in [0.2, 0.25) is 0 Å². The highest BCUT2D eigenvalue weighted by Crippen LogP contribution is 2.73. The minimum atomic E-state index is -0.652. The number of fused-ring (bicyclic) bond motifs is 7. The molecule has 0 bridgehead atoms. The second kappa shape index (κ2) is 8.65. The van der Waals surface area contributed by atoms with Gasteiger partial charge in [-0.25, -0.2) is 0 Å². The van der Waals surface area contributed by atoms with Gasteiger partial charge in [0, 0.05) is 42.4 Å². The van der Waals surface area contributed by atoms with E-state index in [0.717, 1.165) is 63.6 Å². The number of nitrogens with zero attached hydrogens (tertiary/aromatic N) is 3. The molecule has 1 amide bonds. The summed E-state index contributed by atoms with van der Waals surface area (Å²) < 4.78 is 0. The van der Waals surface area contributed by atoms with E-state index in [1.54, 1.807) is 0 Å². The summed E-state index contributed by atoms with van der Waals surface area (Å²) in [5.41, 5.74) is -0.184. The normalized spacial score (nSPS) is 45.4. The Hall–Kier alpha value is -2.26. The number of piperazine rings is 1. The van der Waals surface area contributed by atoms with E-state index in [1.165, 1.54) is 0 Å². The van der Waals surface area contributed by atoms with Crippen molar-refractivity contribution in [1.29, 1.82) is 5.26 Å². The Balaban J connectivity index is 1.49. The zero-order valence-electron chi connectivity index (χ0n) is 26.5. The van der Waals surface area contributed by atoms with Crippen LogP contribution in [0.1, 0.15) is 93.4 Å². The van der Waals surface area contributed by atoms with Gasteiger partial charge < -0.3 is 4.90 Å². The van der Waals surface area contributed by atoms with Crippen molar-refractivity contribution in [1.82, 2.24) is 9.80 Å². The number of likely N-dealkylation sites (N-methyl/N-ethyl adjacent to an activating group) is 1. The summed E-state index contributed by atoms with van der Waals surface area (Å²) in [7, 11) is 1.90. The van der Waals surface area contributed by atoms with Gasteiger partial charge in [-0.2, -0.15) is 5.26 Å². The molecule has 0 aromatic carbocycles. The van der Waals surface area contributed by atoms with Crippen molar-refractivity contribution < 1.29 is 14.4 Å². The van der Waals surface area contributed by atoms with Gasteiger partial charge in [0.2, 0.25) is 5.91 Å². The molecule has 2 unspecified atom stereocenters. The lowest BCUT2D eigenvalue weighted by molar-refractivity contribution is -0.183. The largest absolute Gasteiger partial charge is 0.343 e. The van der Waals surface area contributed by atoms with Gasteiger partial charge in [0.25, 0.3) is 0 Å². The van der Waals surface area contributed by atoms with Crippen LogP contribution in [0.25, 0.3) is 0 Å². The third kappa shape index (κ3) is 3.60. The Bertz CT molecular complexity index is 1330. The number of carbonyl (C=O) groups excluding carboxylic acids is 3. The highest BCUT2D eigenvalue weighted by Gasteiger charge is 2.70. The summed E-state index contributed by atoms with van der Waals surface area (Å²) in [4.78, 5) is 45.3. The zero-order chi connectivity index (χ0) is 30.0. The lowest BCUT2D eigenvalue weighted by Crippen LogP contribution is -2.71. The third-order valence-corrected chi connectivity index (χ3v) is 13.9. The predicted molar refractivity (Wildman–Crippen MR) is 158 cm³/mol. The van der Waals surface area contributed by atoms with Crippen molar-refractivity contribution in [2.24, 2.45) is 44.8 Å². The van der Waals surface area contributed by atoms with E-state index in [1.807, 2.05) is 37.9 Å². The summed E-state index contributed by atoms with van der Waals surface area (Å²) in [6, 6.07) is 2.21. The number of ketones is 2. The Morgan fingerprint density at radius 2 is 1.61 bits per heavy atom. The van der Waals surface area contributed by atoms with Crippen LogP contribution >= 0.6 is 0 Å². The summed E-state index contributed by atoms with van der Waals surface area (Å²) >= 11 is 0. The smallest absolute Gasteiger partial charge is 0.236 e. The maximum absolute atomic E-state index is 14.7. The monoisotopic (exact) mass is 559 g/mol. The molecule has 6 rings (SSSR count). The highest BCUT2D eigenvalue weighted by atomic mass is 16.2. The van der Waals surface area contributed by atoms with E-state index < -0.39 is 10.8 Å². The number of hydrogen-bond acceptors (Lipinski definition) is 5. The number of hydrogen-bond donors (Lipinski definition) is 0. The minimum Gasteiger partial charge on any atom is -0.343 e. The molecule has 0 spiro atoms. The van der Waals surface area contributed by atoms with E-state index in [-0.39, 0.29) is 62.6 Å². The molecule has 3 saturated carbocycles. The molecule has 6 nitrogen and oxygen atoms in total. The minimum absolute atomic E-state index is 0.0551. The molecule has 0 aromatic rings. The lowest BCUT2D eigenvalue weighted by Gasteiger charge is -2.70. The third-order valence-electron chi connectivity index (χ3n) is 13.9. The molecule has 7 atom stereocenters.